The number of nitrogens with zero attached hydrogens (tertiary/aromatic N) is 3. The molecule has 0 saturated heterocycles. The van der Waals surface area contributed by atoms with E-state index in [-0.39, 0.29) is 17.4 Å². The summed E-state index contributed by atoms with van der Waals surface area (Å²) in [6.45, 7) is 0. The molecule has 2 aromatic rings. The molecule has 0 atom stereocenters. The number of rotatable bonds is 5. The number of aromatic hydroxyl groups is 1. The summed E-state index contributed by atoms with van der Waals surface area (Å²) < 4.78 is 0.639. The van der Waals surface area contributed by atoms with Crippen LogP contribution in [0.4, 0.5) is 5.13 Å². The first-order valence-electron chi connectivity index (χ1n) is 5.46. The molecule has 4 N–H and O–H groups in total. The summed E-state index contributed by atoms with van der Waals surface area (Å²) in [5, 5.41) is 20.7. The first kappa shape index (κ1) is 14.3. The number of hydrogen-bond acceptors (Lipinski definition) is 8. The van der Waals surface area contributed by atoms with E-state index in [1.165, 1.54) is 29.3 Å². The molecular formula is C11H11N5O2S2. The predicted octanol–water partition coefficient (Wildman–Crippen LogP) is 1.07. The topological polar surface area (TPSA) is 113 Å². The summed E-state index contributed by atoms with van der Waals surface area (Å²) in [6, 6.07) is 6.45. The van der Waals surface area contributed by atoms with E-state index in [0.717, 1.165) is 5.56 Å². The Morgan fingerprint density at radius 1 is 1.45 bits per heavy atom. The van der Waals surface area contributed by atoms with Crippen molar-refractivity contribution in [2.24, 2.45) is 5.10 Å². The number of carbonyl (C=O) groups excluding carboxylic acids is 1. The summed E-state index contributed by atoms with van der Waals surface area (Å²) in [5.41, 5.74) is 8.60. The largest absolute Gasteiger partial charge is 0.508 e. The van der Waals surface area contributed by atoms with Crippen molar-refractivity contribution in [1.29, 1.82) is 0 Å². The van der Waals surface area contributed by atoms with E-state index in [2.05, 4.69) is 20.7 Å². The molecule has 0 radical (unpaired) electrons. The molecule has 20 heavy (non-hydrogen) atoms. The van der Waals surface area contributed by atoms with Crippen molar-refractivity contribution in [2.45, 2.75) is 4.34 Å². The Morgan fingerprint density at radius 3 is 2.85 bits per heavy atom. The maximum atomic E-state index is 11.5. The van der Waals surface area contributed by atoms with Gasteiger partial charge in [-0.15, -0.1) is 10.2 Å². The third-order valence-electron chi connectivity index (χ3n) is 2.04. The number of benzene rings is 1. The number of nitrogens with two attached hydrogens (primary N) is 1. The van der Waals surface area contributed by atoms with E-state index in [4.69, 9.17) is 10.8 Å². The van der Waals surface area contributed by atoms with Gasteiger partial charge < -0.3 is 10.8 Å². The highest BCUT2D eigenvalue weighted by molar-refractivity contribution is 8.01. The van der Waals surface area contributed by atoms with Gasteiger partial charge in [-0.1, -0.05) is 23.1 Å². The van der Waals surface area contributed by atoms with Gasteiger partial charge in [-0.25, -0.2) is 5.43 Å². The van der Waals surface area contributed by atoms with E-state index >= 15 is 0 Å². The molecular weight excluding hydrogens is 298 g/mol. The number of phenolic OH excluding ortho intramolecular Hbond substituents is 1. The fraction of sp³-hybridized carbons (Fsp3) is 0.0909. The van der Waals surface area contributed by atoms with Crippen LogP contribution in [0.3, 0.4) is 0 Å². The molecule has 0 unspecified atom stereocenters. The Hall–Kier alpha value is -2.13. The Balaban J connectivity index is 1.76. The third kappa shape index (κ3) is 4.52. The number of aromatic nitrogens is 2. The summed E-state index contributed by atoms with van der Waals surface area (Å²) >= 11 is 2.47. The van der Waals surface area contributed by atoms with Gasteiger partial charge in [0.15, 0.2) is 4.34 Å². The van der Waals surface area contributed by atoms with Gasteiger partial charge in [-0.2, -0.15) is 5.10 Å². The van der Waals surface area contributed by atoms with Gasteiger partial charge in [0.25, 0.3) is 5.91 Å². The second-order valence-corrected chi connectivity index (χ2v) is 5.81. The van der Waals surface area contributed by atoms with Crippen LogP contribution < -0.4 is 11.2 Å². The maximum Gasteiger partial charge on any atom is 0.250 e. The van der Waals surface area contributed by atoms with Crippen LogP contribution in [0, 0.1) is 0 Å². The average molecular weight is 309 g/mol. The first-order valence-corrected chi connectivity index (χ1v) is 7.26. The van der Waals surface area contributed by atoms with Crippen molar-refractivity contribution in [3.8, 4) is 5.75 Å². The van der Waals surface area contributed by atoms with E-state index in [1.54, 1.807) is 24.3 Å². The number of hydrazone groups is 1. The van der Waals surface area contributed by atoms with Gasteiger partial charge in [0.2, 0.25) is 5.13 Å². The van der Waals surface area contributed by atoms with Crippen molar-refractivity contribution < 1.29 is 9.90 Å². The number of nitrogens with one attached hydrogen (secondary N) is 1. The van der Waals surface area contributed by atoms with E-state index in [1.807, 2.05) is 0 Å². The van der Waals surface area contributed by atoms with Gasteiger partial charge in [-0.3, -0.25) is 4.79 Å². The maximum absolute atomic E-state index is 11.5. The van der Waals surface area contributed by atoms with Crippen LogP contribution in [0.2, 0.25) is 0 Å². The summed E-state index contributed by atoms with van der Waals surface area (Å²) in [4.78, 5) is 11.5. The Kier molecular flexibility index (Phi) is 4.91. The minimum atomic E-state index is -0.251. The van der Waals surface area contributed by atoms with Gasteiger partial charge in [-0.05, 0) is 29.8 Å². The predicted molar refractivity (Wildman–Crippen MR) is 78.9 cm³/mol. The fourth-order valence-corrected chi connectivity index (χ4v) is 2.61. The van der Waals surface area contributed by atoms with Crippen molar-refractivity contribution in [3.05, 3.63) is 29.8 Å². The molecule has 0 spiro atoms. The highest BCUT2D eigenvalue weighted by Crippen LogP contribution is 2.22. The van der Waals surface area contributed by atoms with Crippen LogP contribution >= 0.6 is 23.1 Å². The third-order valence-corrected chi connectivity index (χ3v) is 3.93. The molecule has 1 aromatic carbocycles. The standard InChI is InChI=1S/C11H11N5O2S2/c12-10-15-16-11(20-10)19-6-9(18)14-13-5-7-1-3-8(17)4-2-7/h1-5,17H,6H2,(H2,12,15)(H,14,18)/b13-5+. The van der Waals surface area contributed by atoms with Crippen LogP contribution in [-0.4, -0.2) is 33.2 Å². The highest BCUT2D eigenvalue weighted by atomic mass is 32.2. The Labute approximate surface area is 122 Å². The molecule has 0 aliphatic heterocycles. The van der Waals surface area contributed by atoms with E-state index in [9.17, 15) is 4.79 Å². The van der Waals surface area contributed by atoms with Gasteiger partial charge >= 0.3 is 0 Å². The molecule has 104 valence electrons. The zero-order valence-electron chi connectivity index (χ0n) is 10.2. The quantitative estimate of drug-likeness (QED) is 0.432. The molecule has 9 heteroatoms. The van der Waals surface area contributed by atoms with Crippen LogP contribution in [0.25, 0.3) is 0 Å². The van der Waals surface area contributed by atoms with Crippen molar-refractivity contribution in [1.82, 2.24) is 15.6 Å². The lowest BCUT2D eigenvalue weighted by molar-refractivity contribution is -0.118. The molecule has 1 heterocycles. The van der Waals surface area contributed by atoms with Crippen LogP contribution in [0.5, 0.6) is 5.75 Å². The lowest BCUT2D eigenvalue weighted by Gasteiger charge is -1.97. The summed E-state index contributed by atoms with van der Waals surface area (Å²) in [6.07, 6.45) is 1.49. The fourth-order valence-electron chi connectivity index (χ4n) is 1.18. The Morgan fingerprint density at radius 2 is 2.20 bits per heavy atom. The number of anilines is 1. The monoisotopic (exact) mass is 309 g/mol. The first-order chi connectivity index (χ1) is 9.63. The molecule has 0 saturated carbocycles. The lowest BCUT2D eigenvalue weighted by Crippen LogP contribution is -2.19. The molecule has 0 bridgehead atoms. The van der Waals surface area contributed by atoms with Gasteiger partial charge in [0.1, 0.15) is 5.75 Å². The molecule has 1 aromatic heterocycles. The SMILES string of the molecule is Nc1nnc(SCC(=O)N/N=C/c2ccc(O)cc2)s1. The summed E-state index contributed by atoms with van der Waals surface area (Å²) in [5.74, 6) is 0.111. The number of amides is 1. The normalized spacial score (nSPS) is 10.8. The number of thioether (sulfide) groups is 1. The molecule has 0 fully saturated rings. The van der Waals surface area contributed by atoms with Crippen molar-refractivity contribution in [2.75, 3.05) is 11.5 Å². The van der Waals surface area contributed by atoms with Crippen molar-refractivity contribution >= 4 is 40.4 Å². The Bertz CT molecular complexity index is 612. The van der Waals surface area contributed by atoms with Crippen molar-refractivity contribution in [3.63, 3.8) is 0 Å². The van der Waals surface area contributed by atoms with E-state index < -0.39 is 0 Å². The van der Waals surface area contributed by atoms with E-state index in [0.29, 0.717) is 9.47 Å². The average Bonchev–Trinajstić information content (AvgIpc) is 2.85. The lowest BCUT2D eigenvalue weighted by atomic mass is 10.2. The van der Waals surface area contributed by atoms with Gasteiger partial charge in [0, 0.05) is 0 Å². The number of hydrogen-bond donors (Lipinski definition) is 3. The highest BCUT2D eigenvalue weighted by Gasteiger charge is 2.05. The minimum absolute atomic E-state index is 0.180. The zero-order valence-corrected chi connectivity index (χ0v) is 11.8. The van der Waals surface area contributed by atoms with Crippen LogP contribution in [0.15, 0.2) is 33.7 Å². The smallest absolute Gasteiger partial charge is 0.250 e. The molecule has 0 aliphatic carbocycles. The minimum Gasteiger partial charge on any atom is -0.508 e. The second-order valence-electron chi connectivity index (χ2n) is 3.58. The van der Waals surface area contributed by atoms with Crippen LogP contribution in [0.1, 0.15) is 5.56 Å². The van der Waals surface area contributed by atoms with Crippen LogP contribution in [-0.2, 0) is 4.79 Å². The molecule has 7 nitrogen and oxygen atoms in total. The number of carbonyl (C=O) groups is 1. The number of phenols is 1. The molecule has 2 rings (SSSR count). The number of nitrogen functional groups attached to an aromatic ring is 1. The molecule has 0 aliphatic rings. The second kappa shape index (κ2) is 6.87. The van der Waals surface area contributed by atoms with Gasteiger partial charge in [0.05, 0.1) is 12.0 Å². The molecule has 1 amide bonds. The summed E-state index contributed by atoms with van der Waals surface area (Å²) in [7, 11) is 0. The zero-order chi connectivity index (χ0) is 14.4.